The molecule has 0 saturated carbocycles. The van der Waals surface area contributed by atoms with Crippen LogP contribution in [0.4, 0.5) is 0 Å². The van der Waals surface area contributed by atoms with Gasteiger partial charge in [0, 0.05) is 19.7 Å². The molecule has 1 aliphatic rings. The molecule has 2 unspecified atom stereocenters. The van der Waals surface area contributed by atoms with Crippen LogP contribution in [0.15, 0.2) is 0 Å². The average Bonchev–Trinajstić information content (AvgIpc) is 2.52. The zero-order chi connectivity index (χ0) is 8.97. The molecular weight excluding hydrogens is 152 g/mol. The minimum absolute atomic E-state index is 0.113. The zero-order valence-electron chi connectivity index (χ0n) is 7.53. The third-order valence-electron chi connectivity index (χ3n) is 2.38. The Morgan fingerprint density at radius 1 is 1.75 bits per heavy atom. The van der Waals surface area contributed by atoms with Gasteiger partial charge in [-0.15, -0.1) is 0 Å². The van der Waals surface area contributed by atoms with Crippen molar-refractivity contribution >= 4 is 0 Å². The smallest absolute Gasteiger partial charge is 0.0666 e. The van der Waals surface area contributed by atoms with E-state index in [-0.39, 0.29) is 12.5 Å². The molecule has 68 valence electrons. The minimum Gasteiger partial charge on any atom is -0.396 e. The van der Waals surface area contributed by atoms with E-state index in [1.807, 2.05) is 6.92 Å². The van der Waals surface area contributed by atoms with Crippen LogP contribution in [0.3, 0.4) is 0 Å². The number of hydrogen-bond acceptors (Lipinski definition) is 3. The van der Waals surface area contributed by atoms with Gasteiger partial charge in [-0.25, -0.2) is 0 Å². The van der Waals surface area contributed by atoms with E-state index in [4.69, 9.17) is 10.4 Å². The number of aliphatic hydroxyl groups is 1. The summed E-state index contributed by atoms with van der Waals surface area (Å²) in [5, 5.41) is 17.5. The lowest BCUT2D eigenvalue weighted by Gasteiger charge is -2.16. The predicted octanol–water partition coefficient (Wildman–Crippen LogP) is 0.460. The molecule has 0 aromatic rings. The summed E-state index contributed by atoms with van der Waals surface area (Å²) in [6.07, 6.45) is 1.08. The van der Waals surface area contributed by atoms with E-state index in [1.54, 1.807) is 0 Å². The molecule has 1 rings (SSSR count). The van der Waals surface area contributed by atoms with Gasteiger partial charge >= 0.3 is 0 Å². The molecule has 0 bridgehead atoms. The first-order chi connectivity index (χ1) is 5.76. The standard InChI is InChI=1S/C9H16N2O/c1-8(4-10)5-11-3-2-9(6-11)7-12/h8-9,12H,2-3,5-7H2,1H3. The fourth-order valence-electron chi connectivity index (χ4n) is 1.66. The maximum atomic E-state index is 8.88. The number of likely N-dealkylation sites (tertiary alicyclic amines) is 1. The van der Waals surface area contributed by atoms with E-state index in [2.05, 4.69) is 11.0 Å². The number of rotatable bonds is 3. The Morgan fingerprint density at radius 2 is 2.50 bits per heavy atom. The predicted molar refractivity (Wildman–Crippen MR) is 46.4 cm³/mol. The van der Waals surface area contributed by atoms with Crippen LogP contribution < -0.4 is 0 Å². The van der Waals surface area contributed by atoms with E-state index in [1.165, 1.54) is 0 Å². The topological polar surface area (TPSA) is 47.3 Å². The molecule has 0 amide bonds. The lowest BCUT2D eigenvalue weighted by Crippen LogP contribution is -2.26. The lowest BCUT2D eigenvalue weighted by molar-refractivity contribution is 0.218. The van der Waals surface area contributed by atoms with Gasteiger partial charge in [0.15, 0.2) is 0 Å². The summed E-state index contributed by atoms with van der Waals surface area (Å²) >= 11 is 0. The Labute approximate surface area is 73.6 Å². The molecule has 3 nitrogen and oxygen atoms in total. The van der Waals surface area contributed by atoms with Crippen LogP contribution in [0.5, 0.6) is 0 Å². The second kappa shape index (κ2) is 4.44. The second-order valence-electron chi connectivity index (χ2n) is 3.63. The van der Waals surface area contributed by atoms with Gasteiger partial charge in [0.25, 0.3) is 0 Å². The molecule has 1 fully saturated rings. The first kappa shape index (κ1) is 9.50. The highest BCUT2D eigenvalue weighted by molar-refractivity contribution is 4.84. The molecule has 0 spiro atoms. The van der Waals surface area contributed by atoms with Gasteiger partial charge in [-0.3, -0.25) is 0 Å². The van der Waals surface area contributed by atoms with Gasteiger partial charge in [0.05, 0.1) is 12.0 Å². The van der Waals surface area contributed by atoms with Crippen molar-refractivity contribution in [2.45, 2.75) is 13.3 Å². The number of nitriles is 1. The third kappa shape index (κ3) is 2.47. The lowest BCUT2D eigenvalue weighted by atomic mass is 10.1. The highest BCUT2D eigenvalue weighted by atomic mass is 16.3. The van der Waals surface area contributed by atoms with E-state index in [9.17, 15) is 0 Å². The summed E-state index contributed by atoms with van der Waals surface area (Å²) in [7, 11) is 0. The molecule has 1 heterocycles. The van der Waals surface area contributed by atoms with Crippen molar-refractivity contribution in [2.24, 2.45) is 11.8 Å². The van der Waals surface area contributed by atoms with Crippen molar-refractivity contribution in [1.82, 2.24) is 4.90 Å². The van der Waals surface area contributed by atoms with Crippen LogP contribution in [0, 0.1) is 23.2 Å². The van der Waals surface area contributed by atoms with Crippen molar-refractivity contribution < 1.29 is 5.11 Å². The van der Waals surface area contributed by atoms with Crippen molar-refractivity contribution in [2.75, 3.05) is 26.2 Å². The normalized spacial score (nSPS) is 26.9. The Balaban J connectivity index is 2.24. The van der Waals surface area contributed by atoms with Gasteiger partial charge < -0.3 is 10.0 Å². The summed E-state index contributed by atoms with van der Waals surface area (Å²) in [5.74, 6) is 0.554. The monoisotopic (exact) mass is 168 g/mol. The molecule has 0 radical (unpaired) electrons. The Kier molecular flexibility index (Phi) is 3.51. The third-order valence-corrected chi connectivity index (χ3v) is 2.38. The molecule has 0 aromatic carbocycles. The molecule has 0 aromatic heterocycles. The van der Waals surface area contributed by atoms with Gasteiger partial charge in [-0.1, -0.05) is 0 Å². The fourth-order valence-corrected chi connectivity index (χ4v) is 1.66. The van der Waals surface area contributed by atoms with Gasteiger partial charge in [-0.05, 0) is 25.8 Å². The maximum Gasteiger partial charge on any atom is 0.0666 e. The summed E-state index contributed by atoms with van der Waals surface area (Å²) in [4.78, 5) is 2.26. The SMILES string of the molecule is CC(C#N)CN1CCC(CO)C1. The van der Waals surface area contributed by atoms with Crippen molar-refractivity contribution in [3.8, 4) is 6.07 Å². The molecular formula is C9H16N2O. The summed E-state index contributed by atoms with van der Waals surface area (Å²) in [6.45, 7) is 5.08. The minimum atomic E-state index is 0.113. The van der Waals surface area contributed by atoms with Crippen molar-refractivity contribution in [3.05, 3.63) is 0 Å². The van der Waals surface area contributed by atoms with Crippen molar-refractivity contribution in [1.29, 1.82) is 5.26 Å². The average molecular weight is 168 g/mol. The highest BCUT2D eigenvalue weighted by Crippen LogP contribution is 2.16. The molecule has 1 saturated heterocycles. The van der Waals surface area contributed by atoms with Crippen LogP contribution in [0.25, 0.3) is 0 Å². The van der Waals surface area contributed by atoms with Crippen LogP contribution in [-0.4, -0.2) is 36.2 Å². The van der Waals surface area contributed by atoms with Crippen LogP contribution >= 0.6 is 0 Å². The van der Waals surface area contributed by atoms with E-state index >= 15 is 0 Å². The molecule has 2 atom stereocenters. The summed E-state index contributed by atoms with van der Waals surface area (Å²) < 4.78 is 0. The van der Waals surface area contributed by atoms with E-state index < -0.39 is 0 Å². The fraction of sp³-hybridized carbons (Fsp3) is 0.889. The quantitative estimate of drug-likeness (QED) is 0.666. The molecule has 3 heteroatoms. The largest absolute Gasteiger partial charge is 0.396 e. The Morgan fingerprint density at radius 3 is 3.00 bits per heavy atom. The van der Waals surface area contributed by atoms with Crippen LogP contribution in [-0.2, 0) is 0 Å². The second-order valence-corrected chi connectivity index (χ2v) is 3.63. The zero-order valence-corrected chi connectivity index (χ0v) is 7.53. The molecule has 0 aliphatic carbocycles. The van der Waals surface area contributed by atoms with E-state index in [0.717, 1.165) is 26.1 Å². The number of nitrogens with zero attached hydrogens (tertiary/aromatic N) is 2. The Bertz CT molecular complexity index is 176. The van der Waals surface area contributed by atoms with Gasteiger partial charge in [0.1, 0.15) is 0 Å². The molecule has 1 N–H and O–H groups in total. The van der Waals surface area contributed by atoms with E-state index in [0.29, 0.717) is 5.92 Å². The van der Waals surface area contributed by atoms with Gasteiger partial charge in [0.2, 0.25) is 0 Å². The van der Waals surface area contributed by atoms with Crippen LogP contribution in [0.2, 0.25) is 0 Å². The number of aliphatic hydroxyl groups excluding tert-OH is 1. The van der Waals surface area contributed by atoms with Crippen molar-refractivity contribution in [3.63, 3.8) is 0 Å². The van der Waals surface area contributed by atoms with Crippen LogP contribution in [0.1, 0.15) is 13.3 Å². The number of hydrogen-bond donors (Lipinski definition) is 1. The first-order valence-electron chi connectivity index (χ1n) is 4.49. The van der Waals surface area contributed by atoms with Gasteiger partial charge in [-0.2, -0.15) is 5.26 Å². The summed E-state index contributed by atoms with van der Waals surface area (Å²) in [6, 6.07) is 2.22. The highest BCUT2D eigenvalue weighted by Gasteiger charge is 2.22. The summed E-state index contributed by atoms with van der Waals surface area (Å²) in [5.41, 5.74) is 0. The molecule has 12 heavy (non-hydrogen) atoms. The Hall–Kier alpha value is -0.590. The first-order valence-corrected chi connectivity index (χ1v) is 4.49. The molecule has 1 aliphatic heterocycles. The maximum absolute atomic E-state index is 8.88.